The van der Waals surface area contributed by atoms with Crippen LogP contribution in [0.3, 0.4) is 0 Å². The van der Waals surface area contributed by atoms with Crippen molar-refractivity contribution in [1.29, 1.82) is 0 Å². The number of benzene rings is 3. The molecule has 1 fully saturated rings. The molecule has 3 aromatic carbocycles. The van der Waals surface area contributed by atoms with Gasteiger partial charge in [-0.3, -0.25) is 4.79 Å². The Labute approximate surface area is 176 Å². The second kappa shape index (κ2) is 8.75. The van der Waals surface area contributed by atoms with Crippen LogP contribution in [-0.4, -0.2) is 43.1 Å². The molecule has 29 heavy (non-hydrogen) atoms. The number of carbonyl (C=O) groups is 1. The van der Waals surface area contributed by atoms with Crippen LogP contribution in [0.4, 0.5) is 5.69 Å². The van der Waals surface area contributed by atoms with E-state index in [0.29, 0.717) is 19.5 Å². The number of amides is 1. The third kappa shape index (κ3) is 4.33. The molecule has 0 spiro atoms. The van der Waals surface area contributed by atoms with E-state index in [9.17, 15) is 4.79 Å². The Morgan fingerprint density at radius 3 is 2.48 bits per heavy atom. The van der Waals surface area contributed by atoms with Gasteiger partial charge in [0, 0.05) is 42.3 Å². The number of anilines is 1. The first-order valence-electron chi connectivity index (χ1n) is 10.1. The van der Waals surface area contributed by atoms with Crippen molar-refractivity contribution in [3.05, 3.63) is 71.8 Å². The van der Waals surface area contributed by atoms with Gasteiger partial charge in [-0.05, 0) is 36.1 Å². The monoisotopic (exact) mass is 408 g/mol. The lowest BCUT2D eigenvalue weighted by atomic mass is 10.1. The normalized spacial score (nSPS) is 15.4. The molecule has 1 saturated heterocycles. The summed E-state index contributed by atoms with van der Waals surface area (Å²) in [6, 6.07) is 21.9. The molecule has 1 heterocycles. The fourth-order valence-electron chi connectivity index (χ4n) is 3.82. The molecule has 1 aliphatic rings. The summed E-state index contributed by atoms with van der Waals surface area (Å²) in [7, 11) is 0. The molecule has 0 saturated carbocycles. The summed E-state index contributed by atoms with van der Waals surface area (Å²) in [6.07, 6.45) is 0.162. The summed E-state index contributed by atoms with van der Waals surface area (Å²) >= 11 is 6.11. The minimum Gasteiger partial charge on any atom is -0.480 e. The Kier molecular flexibility index (Phi) is 5.91. The van der Waals surface area contributed by atoms with E-state index in [2.05, 4.69) is 23.1 Å². The molecular weight excluding hydrogens is 384 g/mol. The molecule has 0 aromatic heterocycles. The first-order chi connectivity index (χ1) is 14.2. The second-order valence-electron chi connectivity index (χ2n) is 7.28. The average molecular weight is 409 g/mol. The average Bonchev–Trinajstić information content (AvgIpc) is 2.77. The molecule has 0 unspecified atom stereocenters. The number of piperazine rings is 1. The molecule has 1 aliphatic heterocycles. The van der Waals surface area contributed by atoms with Crippen LogP contribution < -0.4 is 9.64 Å². The zero-order valence-corrected chi connectivity index (χ0v) is 17.3. The highest BCUT2D eigenvalue weighted by Gasteiger charge is 2.28. The number of hydrogen-bond donors (Lipinski definition) is 0. The zero-order valence-electron chi connectivity index (χ0n) is 16.6. The predicted octanol–water partition coefficient (Wildman–Crippen LogP) is 5.00. The van der Waals surface area contributed by atoms with E-state index >= 15 is 0 Å². The van der Waals surface area contributed by atoms with Crippen LogP contribution in [0, 0.1) is 0 Å². The summed E-state index contributed by atoms with van der Waals surface area (Å²) in [5, 5.41) is 2.88. The Bertz CT molecular complexity index is 994. The van der Waals surface area contributed by atoms with Crippen LogP contribution in [0.1, 0.15) is 13.3 Å². The van der Waals surface area contributed by atoms with Gasteiger partial charge < -0.3 is 14.5 Å². The van der Waals surface area contributed by atoms with Crippen LogP contribution in [-0.2, 0) is 4.79 Å². The SMILES string of the molecule is CC[C@@H](Oc1cccc2ccccc12)C(=O)N1CCN(c2cccc(Cl)c2)CC1. The number of ether oxygens (including phenoxy) is 1. The van der Waals surface area contributed by atoms with Crippen molar-refractivity contribution in [2.75, 3.05) is 31.1 Å². The molecule has 0 aliphatic carbocycles. The molecule has 5 heteroatoms. The maximum absolute atomic E-state index is 13.1. The van der Waals surface area contributed by atoms with Gasteiger partial charge >= 0.3 is 0 Å². The fraction of sp³-hybridized carbons (Fsp3) is 0.292. The van der Waals surface area contributed by atoms with E-state index in [0.717, 1.165) is 40.3 Å². The van der Waals surface area contributed by atoms with E-state index in [1.54, 1.807) is 0 Å². The van der Waals surface area contributed by atoms with Gasteiger partial charge in [0.2, 0.25) is 0 Å². The lowest BCUT2D eigenvalue weighted by molar-refractivity contribution is -0.139. The summed E-state index contributed by atoms with van der Waals surface area (Å²) < 4.78 is 6.20. The van der Waals surface area contributed by atoms with E-state index in [1.165, 1.54) is 0 Å². The number of halogens is 1. The van der Waals surface area contributed by atoms with E-state index < -0.39 is 6.10 Å². The molecule has 0 radical (unpaired) electrons. The molecule has 1 atom stereocenters. The van der Waals surface area contributed by atoms with Crippen molar-refractivity contribution in [2.45, 2.75) is 19.4 Å². The third-order valence-corrected chi connectivity index (χ3v) is 5.66. The summed E-state index contributed by atoms with van der Waals surface area (Å²) in [6.45, 7) is 4.94. The highest BCUT2D eigenvalue weighted by Crippen LogP contribution is 2.27. The van der Waals surface area contributed by atoms with Gasteiger partial charge in [0.05, 0.1) is 0 Å². The maximum atomic E-state index is 13.1. The minimum atomic E-state index is -0.474. The van der Waals surface area contributed by atoms with Crippen molar-refractivity contribution in [1.82, 2.24) is 4.90 Å². The molecule has 3 aromatic rings. The smallest absolute Gasteiger partial charge is 0.263 e. The topological polar surface area (TPSA) is 32.8 Å². The van der Waals surface area contributed by atoms with E-state index in [4.69, 9.17) is 16.3 Å². The van der Waals surface area contributed by atoms with Gasteiger partial charge in [-0.25, -0.2) is 0 Å². The van der Waals surface area contributed by atoms with Gasteiger partial charge in [-0.1, -0.05) is 61.0 Å². The van der Waals surface area contributed by atoms with Gasteiger partial charge in [-0.15, -0.1) is 0 Å². The fourth-order valence-corrected chi connectivity index (χ4v) is 4.01. The summed E-state index contributed by atoms with van der Waals surface area (Å²) in [4.78, 5) is 17.3. The van der Waals surface area contributed by atoms with Crippen LogP contribution in [0.2, 0.25) is 5.02 Å². The molecule has 0 bridgehead atoms. The van der Waals surface area contributed by atoms with Crippen molar-refractivity contribution in [3.63, 3.8) is 0 Å². The third-order valence-electron chi connectivity index (χ3n) is 5.43. The molecule has 150 valence electrons. The van der Waals surface area contributed by atoms with Gasteiger partial charge in [-0.2, -0.15) is 0 Å². The summed E-state index contributed by atoms with van der Waals surface area (Å²) in [5.41, 5.74) is 1.10. The highest BCUT2D eigenvalue weighted by atomic mass is 35.5. The molecule has 1 amide bonds. The number of carbonyl (C=O) groups excluding carboxylic acids is 1. The number of nitrogens with zero attached hydrogens (tertiary/aromatic N) is 2. The minimum absolute atomic E-state index is 0.0613. The quantitative estimate of drug-likeness (QED) is 0.595. The Morgan fingerprint density at radius 2 is 1.72 bits per heavy atom. The van der Waals surface area contributed by atoms with Gasteiger partial charge in [0.15, 0.2) is 6.10 Å². The van der Waals surface area contributed by atoms with Crippen LogP contribution in [0.15, 0.2) is 66.7 Å². The van der Waals surface area contributed by atoms with Crippen LogP contribution in [0.5, 0.6) is 5.75 Å². The van der Waals surface area contributed by atoms with E-state index in [-0.39, 0.29) is 5.91 Å². The molecule has 4 nitrogen and oxygen atoms in total. The van der Waals surface area contributed by atoms with Crippen LogP contribution in [0.25, 0.3) is 10.8 Å². The van der Waals surface area contributed by atoms with Gasteiger partial charge in [0.1, 0.15) is 5.75 Å². The molecule has 4 rings (SSSR count). The second-order valence-corrected chi connectivity index (χ2v) is 7.72. The zero-order chi connectivity index (χ0) is 20.2. The molecular formula is C24H25ClN2O2. The summed E-state index contributed by atoms with van der Waals surface area (Å²) in [5.74, 6) is 0.826. The standard InChI is InChI=1S/C24H25ClN2O2/c1-2-22(29-23-12-5-8-18-7-3-4-11-21(18)23)24(28)27-15-13-26(14-16-27)20-10-6-9-19(25)17-20/h3-12,17,22H,2,13-16H2,1H3/t22-/m1/s1. The van der Waals surface area contributed by atoms with Crippen molar-refractivity contribution < 1.29 is 9.53 Å². The first-order valence-corrected chi connectivity index (χ1v) is 10.5. The number of rotatable bonds is 5. The highest BCUT2D eigenvalue weighted by molar-refractivity contribution is 6.30. The van der Waals surface area contributed by atoms with Gasteiger partial charge in [0.25, 0.3) is 5.91 Å². The Balaban J connectivity index is 1.43. The Hall–Kier alpha value is -2.72. The van der Waals surface area contributed by atoms with Crippen molar-refractivity contribution in [3.8, 4) is 5.75 Å². The molecule has 0 N–H and O–H groups in total. The predicted molar refractivity (Wildman–Crippen MR) is 119 cm³/mol. The largest absolute Gasteiger partial charge is 0.480 e. The Morgan fingerprint density at radius 1 is 1.00 bits per heavy atom. The van der Waals surface area contributed by atoms with E-state index in [1.807, 2.05) is 60.4 Å². The lowest BCUT2D eigenvalue weighted by Gasteiger charge is -2.37. The van der Waals surface area contributed by atoms with Crippen molar-refractivity contribution >= 4 is 34.0 Å². The van der Waals surface area contributed by atoms with Crippen molar-refractivity contribution in [2.24, 2.45) is 0 Å². The number of fused-ring (bicyclic) bond motifs is 1. The first kappa shape index (κ1) is 19.6. The maximum Gasteiger partial charge on any atom is 0.263 e. The number of hydrogen-bond acceptors (Lipinski definition) is 3. The van der Waals surface area contributed by atoms with Crippen LogP contribution >= 0.6 is 11.6 Å². The lowest BCUT2D eigenvalue weighted by Crippen LogP contribution is -2.52.